The molecule has 0 saturated carbocycles. The summed E-state index contributed by atoms with van der Waals surface area (Å²) in [5, 5.41) is 10.6. The zero-order valence-electron chi connectivity index (χ0n) is 6.20. The number of rotatable bonds is 2. The lowest BCUT2D eigenvalue weighted by Crippen LogP contribution is -2.09. The molecule has 1 N–H and O–H groups in total. The zero-order valence-corrected chi connectivity index (χ0v) is 6.20. The second-order valence-electron chi connectivity index (χ2n) is 2.43. The summed E-state index contributed by atoms with van der Waals surface area (Å²) in [6, 6.07) is 2.34. The minimum Gasteiger partial charge on any atom is -0.382 e. The maximum Gasteiger partial charge on any atom is 0.0727 e. The first-order chi connectivity index (χ1) is 4.79. The van der Waals surface area contributed by atoms with Gasteiger partial charge in [-0.05, 0) is 19.9 Å². The molecule has 0 atom stereocenters. The number of hydrogen-bond donors (Lipinski definition) is 1. The Bertz CT molecular complexity index is 183. The molecule has 1 heterocycles. The summed E-state index contributed by atoms with van der Waals surface area (Å²) in [7, 11) is 0. The molecule has 0 radical (unpaired) electrons. The summed E-state index contributed by atoms with van der Waals surface area (Å²) in [4.78, 5) is 0. The van der Waals surface area contributed by atoms with Gasteiger partial charge in [0.2, 0.25) is 0 Å². The van der Waals surface area contributed by atoms with E-state index in [0.717, 1.165) is 5.69 Å². The predicted molar refractivity (Wildman–Crippen MR) is 40.8 cm³/mol. The van der Waals surface area contributed by atoms with E-state index in [-0.39, 0.29) is 0 Å². The monoisotopic (exact) mass is 137 g/mol. The quantitative estimate of drug-likeness (QED) is 0.667. The van der Waals surface area contributed by atoms with Crippen molar-refractivity contribution < 1.29 is 0 Å². The molecule has 0 aliphatic heterocycles. The fourth-order valence-corrected chi connectivity index (χ4v) is 0.709. The Labute approximate surface area is 60.5 Å². The topological polar surface area (TPSA) is 37.8 Å². The van der Waals surface area contributed by atoms with Gasteiger partial charge in [-0.1, -0.05) is 0 Å². The molecule has 10 heavy (non-hydrogen) atoms. The Hall–Kier alpha value is -1.12. The fourth-order valence-electron chi connectivity index (χ4n) is 0.709. The van der Waals surface area contributed by atoms with Gasteiger partial charge in [-0.25, -0.2) is 0 Å². The lowest BCUT2D eigenvalue weighted by molar-refractivity contribution is 0.892. The Kier molecular flexibility index (Phi) is 2.20. The van der Waals surface area contributed by atoms with Crippen molar-refractivity contribution in [3.63, 3.8) is 0 Å². The Morgan fingerprint density at radius 3 is 2.70 bits per heavy atom. The highest BCUT2D eigenvalue weighted by molar-refractivity contribution is 5.39. The average molecular weight is 137 g/mol. The van der Waals surface area contributed by atoms with Gasteiger partial charge in [-0.2, -0.15) is 10.2 Å². The maximum absolute atomic E-state index is 3.73. The highest BCUT2D eigenvalue weighted by Crippen LogP contribution is 2.02. The largest absolute Gasteiger partial charge is 0.382 e. The number of nitrogens with one attached hydrogen (secondary N) is 1. The van der Waals surface area contributed by atoms with E-state index in [1.807, 2.05) is 6.07 Å². The molecule has 0 aromatic carbocycles. The third-order valence-corrected chi connectivity index (χ3v) is 1.04. The SMILES string of the molecule is CC(C)Nc1ccnnc1. The summed E-state index contributed by atoms with van der Waals surface area (Å²) in [6.07, 6.45) is 3.38. The second-order valence-corrected chi connectivity index (χ2v) is 2.43. The molecule has 3 heteroatoms. The van der Waals surface area contributed by atoms with Crippen molar-refractivity contribution in [2.24, 2.45) is 0 Å². The van der Waals surface area contributed by atoms with Crippen LogP contribution >= 0.6 is 0 Å². The lowest BCUT2D eigenvalue weighted by atomic mass is 10.3. The van der Waals surface area contributed by atoms with Gasteiger partial charge in [0.15, 0.2) is 0 Å². The van der Waals surface area contributed by atoms with Gasteiger partial charge >= 0.3 is 0 Å². The van der Waals surface area contributed by atoms with Crippen molar-refractivity contribution in [1.29, 1.82) is 0 Å². The minimum atomic E-state index is 0.448. The Balaban J connectivity index is 2.59. The fraction of sp³-hybridized carbons (Fsp3) is 0.429. The zero-order chi connectivity index (χ0) is 7.40. The van der Waals surface area contributed by atoms with Crippen LogP contribution in [-0.2, 0) is 0 Å². The van der Waals surface area contributed by atoms with Gasteiger partial charge in [0, 0.05) is 6.04 Å². The van der Waals surface area contributed by atoms with E-state index in [1.54, 1.807) is 12.4 Å². The van der Waals surface area contributed by atoms with Crippen molar-refractivity contribution in [3.8, 4) is 0 Å². The number of anilines is 1. The van der Waals surface area contributed by atoms with E-state index in [1.165, 1.54) is 0 Å². The van der Waals surface area contributed by atoms with E-state index in [9.17, 15) is 0 Å². The number of aromatic nitrogens is 2. The standard InChI is InChI=1S/C7H11N3/c1-6(2)10-7-3-4-8-9-5-7/h3-6H,1-2H3,(H,8,10). The van der Waals surface area contributed by atoms with Gasteiger partial charge in [-0.15, -0.1) is 0 Å². The van der Waals surface area contributed by atoms with E-state index in [0.29, 0.717) is 6.04 Å². The van der Waals surface area contributed by atoms with Crippen molar-refractivity contribution in [2.45, 2.75) is 19.9 Å². The normalized spacial score (nSPS) is 9.90. The van der Waals surface area contributed by atoms with Crippen LogP contribution in [0.4, 0.5) is 5.69 Å². The van der Waals surface area contributed by atoms with Crippen LogP contribution in [0.2, 0.25) is 0 Å². The van der Waals surface area contributed by atoms with Crippen LogP contribution in [0, 0.1) is 0 Å². The van der Waals surface area contributed by atoms with E-state index in [2.05, 4.69) is 29.4 Å². The van der Waals surface area contributed by atoms with E-state index in [4.69, 9.17) is 0 Å². The molecule has 0 spiro atoms. The van der Waals surface area contributed by atoms with Crippen LogP contribution < -0.4 is 5.32 Å². The second kappa shape index (κ2) is 3.15. The smallest absolute Gasteiger partial charge is 0.0727 e. The Morgan fingerprint density at radius 2 is 2.20 bits per heavy atom. The molecule has 0 amide bonds. The van der Waals surface area contributed by atoms with Gasteiger partial charge in [0.05, 0.1) is 18.1 Å². The molecule has 3 nitrogen and oxygen atoms in total. The molecule has 54 valence electrons. The van der Waals surface area contributed by atoms with Crippen LogP contribution in [-0.4, -0.2) is 16.2 Å². The molecular formula is C7H11N3. The van der Waals surface area contributed by atoms with Crippen LogP contribution in [0.3, 0.4) is 0 Å². The van der Waals surface area contributed by atoms with Crippen LogP contribution in [0.5, 0.6) is 0 Å². The van der Waals surface area contributed by atoms with Gasteiger partial charge in [0.25, 0.3) is 0 Å². The van der Waals surface area contributed by atoms with Crippen LogP contribution in [0.25, 0.3) is 0 Å². The van der Waals surface area contributed by atoms with Crippen LogP contribution in [0.15, 0.2) is 18.5 Å². The lowest BCUT2D eigenvalue weighted by Gasteiger charge is -2.07. The van der Waals surface area contributed by atoms with Gasteiger partial charge in [0.1, 0.15) is 0 Å². The highest BCUT2D eigenvalue weighted by Gasteiger charge is 1.91. The summed E-state index contributed by atoms with van der Waals surface area (Å²) in [5.41, 5.74) is 1.02. The van der Waals surface area contributed by atoms with Crippen LogP contribution in [0.1, 0.15) is 13.8 Å². The predicted octanol–water partition coefficient (Wildman–Crippen LogP) is 1.30. The maximum atomic E-state index is 3.73. The molecule has 0 aliphatic rings. The molecule has 0 fully saturated rings. The number of hydrogen-bond acceptors (Lipinski definition) is 3. The summed E-state index contributed by atoms with van der Waals surface area (Å²) >= 11 is 0. The van der Waals surface area contributed by atoms with Gasteiger partial charge < -0.3 is 5.32 Å². The third kappa shape index (κ3) is 2.01. The van der Waals surface area contributed by atoms with Crippen molar-refractivity contribution in [1.82, 2.24) is 10.2 Å². The highest BCUT2D eigenvalue weighted by atomic mass is 15.1. The first kappa shape index (κ1) is 6.99. The average Bonchev–Trinajstić information content (AvgIpc) is 1.88. The first-order valence-electron chi connectivity index (χ1n) is 3.32. The van der Waals surface area contributed by atoms with Gasteiger partial charge in [-0.3, -0.25) is 0 Å². The van der Waals surface area contributed by atoms with E-state index >= 15 is 0 Å². The molecule has 0 aliphatic carbocycles. The molecule has 0 saturated heterocycles. The molecule has 0 bridgehead atoms. The Morgan fingerprint density at radius 1 is 1.40 bits per heavy atom. The molecule has 1 rings (SSSR count). The third-order valence-electron chi connectivity index (χ3n) is 1.04. The minimum absolute atomic E-state index is 0.448. The van der Waals surface area contributed by atoms with Crippen molar-refractivity contribution >= 4 is 5.69 Å². The summed E-state index contributed by atoms with van der Waals surface area (Å²) < 4.78 is 0. The molecular weight excluding hydrogens is 126 g/mol. The molecule has 1 aromatic rings. The van der Waals surface area contributed by atoms with Crippen molar-refractivity contribution in [2.75, 3.05) is 5.32 Å². The van der Waals surface area contributed by atoms with Crippen molar-refractivity contribution in [3.05, 3.63) is 18.5 Å². The van der Waals surface area contributed by atoms with E-state index < -0.39 is 0 Å². The molecule has 1 aromatic heterocycles. The summed E-state index contributed by atoms with van der Waals surface area (Å²) in [6.45, 7) is 4.17. The first-order valence-corrected chi connectivity index (χ1v) is 3.32. The number of nitrogens with zero attached hydrogens (tertiary/aromatic N) is 2. The summed E-state index contributed by atoms with van der Waals surface area (Å²) in [5.74, 6) is 0. The molecule has 0 unspecified atom stereocenters.